The van der Waals surface area contributed by atoms with E-state index in [0.29, 0.717) is 6.42 Å². The molecule has 100 valence electrons. The normalized spacial score (nSPS) is 12.5. The van der Waals surface area contributed by atoms with Gasteiger partial charge in [-0.2, -0.15) is 0 Å². The summed E-state index contributed by atoms with van der Waals surface area (Å²) in [5.74, 6) is -0.209. The lowest BCUT2D eigenvalue weighted by Crippen LogP contribution is -2.15. The fourth-order valence-corrected chi connectivity index (χ4v) is 2.61. The second kappa shape index (κ2) is 5.85. The molecule has 0 amide bonds. The van der Waals surface area contributed by atoms with E-state index in [4.69, 9.17) is 5.73 Å². The number of halogens is 2. The van der Waals surface area contributed by atoms with Crippen molar-refractivity contribution in [3.8, 4) is 0 Å². The first-order valence-electron chi connectivity index (χ1n) is 6.24. The summed E-state index contributed by atoms with van der Waals surface area (Å²) in [5.41, 5.74) is 10.5. The van der Waals surface area contributed by atoms with Crippen molar-refractivity contribution in [3.05, 3.63) is 68.9 Å². The standard InChI is InChI=1S/C16H17BrFN/c1-10-6-7-13(18)8-12(10)9-16(19)14-4-3-5-15(17)11(14)2/h3-8,16H,9,19H2,1-2H3. The van der Waals surface area contributed by atoms with Gasteiger partial charge in [0, 0.05) is 10.5 Å². The van der Waals surface area contributed by atoms with E-state index in [1.165, 1.54) is 6.07 Å². The molecule has 0 aliphatic carbocycles. The summed E-state index contributed by atoms with van der Waals surface area (Å²) in [5, 5.41) is 0. The molecule has 3 heteroatoms. The van der Waals surface area contributed by atoms with Gasteiger partial charge in [-0.3, -0.25) is 0 Å². The lowest BCUT2D eigenvalue weighted by molar-refractivity contribution is 0.620. The SMILES string of the molecule is Cc1ccc(F)cc1CC(N)c1cccc(Br)c1C. The molecule has 0 fully saturated rings. The Morgan fingerprint density at radius 3 is 2.68 bits per heavy atom. The maximum Gasteiger partial charge on any atom is 0.123 e. The number of benzene rings is 2. The Kier molecular flexibility index (Phi) is 4.38. The molecule has 19 heavy (non-hydrogen) atoms. The first-order chi connectivity index (χ1) is 8.99. The molecule has 0 bridgehead atoms. The maximum atomic E-state index is 13.3. The third kappa shape index (κ3) is 3.23. The van der Waals surface area contributed by atoms with Crippen molar-refractivity contribution in [2.24, 2.45) is 5.73 Å². The molecule has 2 rings (SSSR count). The largest absolute Gasteiger partial charge is 0.324 e. The van der Waals surface area contributed by atoms with Crippen LogP contribution in [-0.2, 0) is 6.42 Å². The molecule has 2 aromatic rings. The van der Waals surface area contributed by atoms with Crippen molar-refractivity contribution in [2.75, 3.05) is 0 Å². The van der Waals surface area contributed by atoms with E-state index < -0.39 is 0 Å². The fourth-order valence-electron chi connectivity index (χ4n) is 2.23. The first kappa shape index (κ1) is 14.2. The quantitative estimate of drug-likeness (QED) is 0.888. The highest BCUT2D eigenvalue weighted by molar-refractivity contribution is 9.10. The Morgan fingerprint density at radius 2 is 1.95 bits per heavy atom. The lowest BCUT2D eigenvalue weighted by Gasteiger charge is -2.17. The van der Waals surface area contributed by atoms with Crippen molar-refractivity contribution in [1.29, 1.82) is 0 Å². The van der Waals surface area contributed by atoms with Crippen LogP contribution in [0.25, 0.3) is 0 Å². The van der Waals surface area contributed by atoms with E-state index in [9.17, 15) is 4.39 Å². The second-order valence-electron chi connectivity index (χ2n) is 4.84. The molecule has 1 atom stereocenters. The highest BCUT2D eigenvalue weighted by atomic mass is 79.9. The molecule has 0 aliphatic heterocycles. The van der Waals surface area contributed by atoms with Crippen LogP contribution < -0.4 is 5.73 Å². The Morgan fingerprint density at radius 1 is 1.21 bits per heavy atom. The summed E-state index contributed by atoms with van der Waals surface area (Å²) >= 11 is 3.51. The van der Waals surface area contributed by atoms with Gasteiger partial charge in [0.25, 0.3) is 0 Å². The zero-order valence-electron chi connectivity index (χ0n) is 11.1. The molecular weight excluding hydrogens is 305 g/mol. The predicted octanol–water partition coefficient (Wildman–Crippen LogP) is 4.45. The van der Waals surface area contributed by atoms with Crippen LogP contribution in [0.3, 0.4) is 0 Å². The molecule has 2 aromatic carbocycles. The van der Waals surface area contributed by atoms with Crippen LogP contribution in [-0.4, -0.2) is 0 Å². The zero-order chi connectivity index (χ0) is 14.0. The smallest absolute Gasteiger partial charge is 0.123 e. The van der Waals surface area contributed by atoms with E-state index in [1.807, 2.05) is 32.0 Å². The van der Waals surface area contributed by atoms with Crippen LogP contribution >= 0.6 is 15.9 Å². The minimum atomic E-state index is -0.209. The van der Waals surface area contributed by atoms with Gasteiger partial charge in [0.05, 0.1) is 0 Å². The van der Waals surface area contributed by atoms with Gasteiger partial charge in [-0.1, -0.05) is 34.1 Å². The van der Waals surface area contributed by atoms with E-state index in [2.05, 4.69) is 15.9 Å². The Bertz CT molecular complexity index is 595. The van der Waals surface area contributed by atoms with E-state index in [1.54, 1.807) is 12.1 Å². The first-order valence-corrected chi connectivity index (χ1v) is 7.04. The van der Waals surface area contributed by atoms with Gasteiger partial charge in [-0.05, 0) is 60.7 Å². The van der Waals surface area contributed by atoms with Gasteiger partial charge in [0.2, 0.25) is 0 Å². The van der Waals surface area contributed by atoms with Crippen molar-refractivity contribution < 1.29 is 4.39 Å². The minimum absolute atomic E-state index is 0.127. The van der Waals surface area contributed by atoms with Crippen LogP contribution in [0.15, 0.2) is 40.9 Å². The highest BCUT2D eigenvalue weighted by Gasteiger charge is 2.13. The Balaban J connectivity index is 2.28. The van der Waals surface area contributed by atoms with Gasteiger partial charge in [0.1, 0.15) is 5.82 Å². The number of hydrogen-bond donors (Lipinski definition) is 1. The average molecular weight is 322 g/mol. The van der Waals surface area contributed by atoms with Crippen molar-refractivity contribution in [1.82, 2.24) is 0 Å². The van der Waals surface area contributed by atoms with Crippen LogP contribution in [0, 0.1) is 19.7 Å². The molecule has 0 aliphatic rings. The van der Waals surface area contributed by atoms with Crippen molar-refractivity contribution >= 4 is 15.9 Å². The Hall–Kier alpha value is -1.19. The van der Waals surface area contributed by atoms with Crippen LogP contribution in [0.1, 0.15) is 28.3 Å². The zero-order valence-corrected chi connectivity index (χ0v) is 12.7. The average Bonchev–Trinajstić information content (AvgIpc) is 2.37. The van der Waals surface area contributed by atoms with Gasteiger partial charge >= 0.3 is 0 Å². The van der Waals surface area contributed by atoms with Crippen molar-refractivity contribution in [2.45, 2.75) is 26.3 Å². The summed E-state index contributed by atoms with van der Waals surface area (Å²) < 4.78 is 14.3. The van der Waals surface area contributed by atoms with Crippen LogP contribution in [0.2, 0.25) is 0 Å². The van der Waals surface area contributed by atoms with Gasteiger partial charge in [0.15, 0.2) is 0 Å². The monoisotopic (exact) mass is 321 g/mol. The molecule has 1 nitrogen and oxygen atoms in total. The summed E-state index contributed by atoms with van der Waals surface area (Å²) in [6, 6.07) is 10.7. The number of nitrogens with two attached hydrogens (primary N) is 1. The van der Waals surface area contributed by atoms with E-state index >= 15 is 0 Å². The molecule has 0 radical (unpaired) electrons. The maximum absolute atomic E-state index is 13.3. The molecule has 1 unspecified atom stereocenters. The topological polar surface area (TPSA) is 26.0 Å². The summed E-state index contributed by atoms with van der Waals surface area (Å²) in [4.78, 5) is 0. The highest BCUT2D eigenvalue weighted by Crippen LogP contribution is 2.26. The van der Waals surface area contributed by atoms with E-state index in [0.717, 1.165) is 26.7 Å². The molecule has 0 spiro atoms. The number of rotatable bonds is 3. The summed E-state index contributed by atoms with van der Waals surface area (Å²) in [7, 11) is 0. The molecule has 0 heterocycles. The molecule has 2 N–H and O–H groups in total. The number of aryl methyl sites for hydroxylation is 1. The van der Waals surface area contributed by atoms with Gasteiger partial charge in [-0.15, -0.1) is 0 Å². The summed E-state index contributed by atoms with van der Waals surface area (Å²) in [6.45, 7) is 4.02. The van der Waals surface area contributed by atoms with Gasteiger partial charge in [-0.25, -0.2) is 4.39 Å². The second-order valence-corrected chi connectivity index (χ2v) is 5.69. The van der Waals surface area contributed by atoms with Crippen molar-refractivity contribution in [3.63, 3.8) is 0 Å². The predicted molar refractivity (Wildman–Crippen MR) is 80.6 cm³/mol. The van der Waals surface area contributed by atoms with Crippen LogP contribution in [0.5, 0.6) is 0 Å². The fraction of sp³-hybridized carbons (Fsp3) is 0.250. The minimum Gasteiger partial charge on any atom is -0.324 e. The molecular formula is C16H17BrFN. The lowest BCUT2D eigenvalue weighted by atomic mass is 9.94. The third-order valence-corrected chi connectivity index (χ3v) is 4.32. The number of hydrogen-bond acceptors (Lipinski definition) is 1. The summed E-state index contributed by atoms with van der Waals surface area (Å²) in [6.07, 6.45) is 0.640. The van der Waals surface area contributed by atoms with Crippen LogP contribution in [0.4, 0.5) is 4.39 Å². The third-order valence-electron chi connectivity index (χ3n) is 3.46. The molecule has 0 saturated heterocycles. The van der Waals surface area contributed by atoms with E-state index in [-0.39, 0.29) is 11.9 Å². The van der Waals surface area contributed by atoms with Gasteiger partial charge < -0.3 is 5.73 Å². The molecule has 0 aromatic heterocycles. The molecule has 0 saturated carbocycles. The Labute approximate surface area is 121 Å².